The molecule has 2 saturated carbocycles. The Morgan fingerprint density at radius 1 is 0.614 bits per heavy atom. The van der Waals surface area contributed by atoms with Gasteiger partial charge in [-0.05, 0) is 123 Å². The molecule has 8 amide bonds. The Kier molecular flexibility index (Phi) is 43.9. The smallest absolute Gasteiger partial charge is 0.326 e. The monoisotopic (exact) mass is 1600 g/mol. The summed E-state index contributed by atoms with van der Waals surface area (Å²) in [5, 5.41) is 29.6. The lowest BCUT2D eigenvalue weighted by atomic mass is 9.77. The number of aliphatic carboxylic acids is 1. The predicted octanol–water partition coefficient (Wildman–Crippen LogP) is 10.7. The number of carbonyl (C=O) groups is 9. The van der Waals surface area contributed by atoms with E-state index in [-0.39, 0.29) is 97.1 Å². The van der Waals surface area contributed by atoms with Gasteiger partial charge in [-0.1, -0.05) is 167 Å². The summed E-state index contributed by atoms with van der Waals surface area (Å²) in [6.07, 6.45) is 20.0. The fraction of sp³-hybridized carbons (Fsp3) is 0.727. The number of unbranched alkanes of at least 4 members (excludes halogenated alkanes) is 1. The van der Waals surface area contributed by atoms with E-state index < -0.39 is 66.1 Å². The molecule has 0 aromatic heterocycles. The van der Waals surface area contributed by atoms with Crippen molar-refractivity contribution in [1.82, 2.24) is 46.7 Å². The van der Waals surface area contributed by atoms with Crippen LogP contribution in [0.1, 0.15) is 233 Å². The Hall–Kier alpha value is -7.36. The summed E-state index contributed by atoms with van der Waals surface area (Å²) in [6.45, 7) is 20.3. The lowest BCUT2D eigenvalue weighted by Gasteiger charge is -2.43. The van der Waals surface area contributed by atoms with Crippen molar-refractivity contribution in [2.75, 3.05) is 101 Å². The zero-order valence-corrected chi connectivity index (χ0v) is 71.0. The molecule has 4 aliphatic rings. The van der Waals surface area contributed by atoms with Crippen molar-refractivity contribution in [1.29, 1.82) is 0 Å². The number of methoxy groups -OCH3 is 2. The molecule has 6 rings (SSSR count). The molecule has 2 aromatic carbocycles. The molecular formula is C88H142N10O16. The molecule has 114 heavy (non-hydrogen) atoms. The molecule has 2 aromatic rings. The number of nitrogens with zero attached hydrogens (tertiary/aromatic N) is 4. The van der Waals surface area contributed by atoms with Gasteiger partial charge in [0.2, 0.25) is 47.3 Å². The van der Waals surface area contributed by atoms with Crippen LogP contribution in [0.4, 0.5) is 0 Å². The van der Waals surface area contributed by atoms with Crippen molar-refractivity contribution in [2.24, 2.45) is 46.5 Å². The van der Waals surface area contributed by atoms with Crippen LogP contribution in [0.3, 0.4) is 0 Å². The van der Waals surface area contributed by atoms with Crippen LogP contribution >= 0.6 is 0 Å². The SMILES string of the molecule is CCC(C)[C@@H]([C@@H](CC(=O)N1CCCC[C@H]1[C@H](OC)[C@@H](C)C(=O)N[C@@H](Cc1ccccc1)C(=O)O)OC)N(C)C(=O)[C@@H](NC(=O)[C@H](C(C)C)N(C)C(=O)CCCC(=O)NCc1ccc(C2=C3CCCC(CC(=O)NCCOCCOCCOCCOCCC(=O)NCCCCC4CCCCCCC4)CCC3C(C)=NN2)cc1)C(C)C. The first-order valence-corrected chi connectivity index (χ1v) is 42.9. The predicted molar refractivity (Wildman–Crippen MR) is 442 cm³/mol. The van der Waals surface area contributed by atoms with Crippen molar-refractivity contribution in [3.05, 3.63) is 76.9 Å². The van der Waals surface area contributed by atoms with E-state index in [1.165, 1.54) is 82.5 Å². The molecule has 1 saturated heterocycles. The highest BCUT2D eigenvalue weighted by atomic mass is 16.6. The van der Waals surface area contributed by atoms with Gasteiger partial charge >= 0.3 is 5.97 Å². The molecule has 2 heterocycles. The summed E-state index contributed by atoms with van der Waals surface area (Å²) in [6, 6.07) is 12.9. The number of piperidine rings is 1. The highest BCUT2D eigenvalue weighted by Gasteiger charge is 2.44. The maximum atomic E-state index is 14.9. The van der Waals surface area contributed by atoms with Crippen LogP contribution in [-0.2, 0) is 84.5 Å². The molecule has 26 heteroatoms. The van der Waals surface area contributed by atoms with Crippen molar-refractivity contribution in [3.63, 3.8) is 0 Å². The van der Waals surface area contributed by atoms with E-state index in [1.54, 1.807) is 43.0 Å². The molecule has 26 nitrogen and oxygen atoms in total. The number of carboxylic acid groups (broad SMARTS) is 1. The molecule has 3 fully saturated rings. The Bertz CT molecular complexity index is 3310. The largest absolute Gasteiger partial charge is 0.480 e. The molecule has 0 bridgehead atoms. The van der Waals surface area contributed by atoms with Gasteiger partial charge in [0.15, 0.2) is 0 Å². The number of likely N-dealkylation sites (tertiary alicyclic amines) is 1. The van der Waals surface area contributed by atoms with E-state index in [2.05, 4.69) is 38.9 Å². The summed E-state index contributed by atoms with van der Waals surface area (Å²) in [4.78, 5) is 127. The van der Waals surface area contributed by atoms with Crippen LogP contribution in [-0.4, -0.2) is 222 Å². The number of fused-ring (bicyclic) bond motifs is 1. The molecule has 11 atom stereocenters. The van der Waals surface area contributed by atoms with E-state index >= 15 is 0 Å². The Balaban J connectivity index is 0.867. The third-order valence-electron chi connectivity index (χ3n) is 23.6. The average molecular weight is 1600 g/mol. The molecule has 2 aliphatic heterocycles. The van der Waals surface area contributed by atoms with Gasteiger partial charge in [0.05, 0.1) is 95.2 Å². The number of rotatable bonds is 50. The topological polar surface area (TPSA) is 323 Å². The maximum absolute atomic E-state index is 14.9. The van der Waals surface area contributed by atoms with Gasteiger partial charge in [-0.15, -0.1) is 0 Å². The van der Waals surface area contributed by atoms with Crippen LogP contribution in [0.2, 0.25) is 0 Å². The van der Waals surface area contributed by atoms with Crippen LogP contribution in [0.25, 0.3) is 5.70 Å². The summed E-state index contributed by atoms with van der Waals surface area (Å²) < 4.78 is 34.7. The number of ether oxygens (including phenoxy) is 6. The number of benzene rings is 2. The summed E-state index contributed by atoms with van der Waals surface area (Å²) >= 11 is 0. The standard InChI is InChI=1S/C88H142N10O16/c1-13-62(6)83(74(109-11)58-79(103)98-47-25-23-35-73(98)84(110-12)63(7)85(104)92-72(88(107)108)56-66-31-20-17-21-32-66)97(10)87(106)80(60(2)3)93-86(105)82(61(4)5)96(9)78(102)37-27-36-75(99)91-59-68-38-41-69(42-39-68)81-71-34-26-33-67(40-43-70(71)64(8)94-95-81)57-77(101)90-46-49-112-51-53-114-55-54-113-52-50-111-48-44-76(100)89-45-24-22-30-65-28-18-15-14-16-19-29-65/h17,20-21,31-32,38-39,41-42,60-63,65,67,70,72-74,80,82-84,95H,13-16,18-19,22-30,33-37,40,43-59H2,1-12H3,(H,89,100)(H,90,101)(H,91,99)(H,92,104)(H,93,105)(H,107,108)/t62?,63-,67?,70?,72+,73+,74-,80+,82+,83+,84-/m1/s1. The molecule has 640 valence electrons. The van der Waals surface area contributed by atoms with Gasteiger partial charge in [0.25, 0.3) is 0 Å². The van der Waals surface area contributed by atoms with Crippen molar-refractivity contribution in [2.45, 2.75) is 271 Å². The number of carbonyl (C=O) groups excluding carboxylic acids is 8. The molecule has 2 aliphatic carbocycles. The first-order valence-electron chi connectivity index (χ1n) is 42.9. The normalized spacial score (nSPS) is 19.1. The highest BCUT2D eigenvalue weighted by molar-refractivity contribution is 5.93. The van der Waals surface area contributed by atoms with Crippen molar-refractivity contribution < 1.29 is 76.7 Å². The van der Waals surface area contributed by atoms with E-state index in [9.17, 15) is 48.3 Å². The minimum atomic E-state index is -1.18. The number of amides is 8. The molecule has 0 radical (unpaired) electrons. The van der Waals surface area contributed by atoms with Crippen LogP contribution in [0.15, 0.2) is 65.3 Å². The number of carboxylic acids is 1. The quantitative estimate of drug-likeness (QED) is 0.0303. The van der Waals surface area contributed by atoms with Crippen LogP contribution in [0.5, 0.6) is 0 Å². The number of allylic oxidation sites excluding steroid dienone is 1. The third-order valence-corrected chi connectivity index (χ3v) is 23.6. The van der Waals surface area contributed by atoms with Gasteiger partial charge in [-0.25, -0.2) is 4.79 Å². The first-order chi connectivity index (χ1) is 54.9. The highest BCUT2D eigenvalue weighted by Crippen LogP contribution is 2.39. The second kappa shape index (κ2) is 52.4. The fourth-order valence-corrected chi connectivity index (χ4v) is 16.7. The van der Waals surface area contributed by atoms with Gasteiger partial charge in [0, 0.05) is 98.2 Å². The Morgan fingerprint density at radius 3 is 1.89 bits per heavy atom. The van der Waals surface area contributed by atoms with Crippen molar-refractivity contribution in [3.8, 4) is 0 Å². The van der Waals surface area contributed by atoms with E-state index in [4.69, 9.17) is 33.5 Å². The summed E-state index contributed by atoms with van der Waals surface area (Å²) in [7, 11) is 6.23. The van der Waals surface area contributed by atoms with Gasteiger partial charge < -0.3 is 74.8 Å². The second-order valence-electron chi connectivity index (χ2n) is 32.7. The van der Waals surface area contributed by atoms with Crippen molar-refractivity contribution >= 4 is 64.6 Å². The minimum Gasteiger partial charge on any atom is -0.480 e. The first kappa shape index (κ1) is 95.5. The molecule has 7 N–H and O–H groups in total. The molecular weight excluding hydrogens is 1450 g/mol. The van der Waals surface area contributed by atoms with Gasteiger partial charge in [-0.2, -0.15) is 5.10 Å². The fourth-order valence-electron chi connectivity index (χ4n) is 16.7. The van der Waals surface area contributed by atoms with E-state index in [0.717, 1.165) is 91.9 Å². The van der Waals surface area contributed by atoms with Gasteiger partial charge in [-0.3, -0.25) is 43.8 Å². The number of hydrogen-bond acceptors (Lipinski definition) is 17. The van der Waals surface area contributed by atoms with E-state index in [1.807, 2.05) is 84.0 Å². The van der Waals surface area contributed by atoms with Gasteiger partial charge in [0.1, 0.15) is 18.1 Å². The lowest BCUT2D eigenvalue weighted by molar-refractivity contribution is -0.151. The number of nitrogens with one attached hydrogen (secondary N) is 6. The minimum absolute atomic E-state index is 0.0130. The Morgan fingerprint density at radius 2 is 1.25 bits per heavy atom. The number of hydrogen-bond donors (Lipinski definition) is 7. The zero-order valence-electron chi connectivity index (χ0n) is 71.0. The summed E-state index contributed by atoms with van der Waals surface area (Å²) in [5.41, 5.74) is 9.35. The number of hydrazone groups is 1. The average Bonchev–Trinajstić information content (AvgIpc) is 0.795. The zero-order chi connectivity index (χ0) is 82.9. The molecule has 0 spiro atoms. The second-order valence-corrected chi connectivity index (χ2v) is 32.7. The van der Waals surface area contributed by atoms with E-state index in [0.29, 0.717) is 98.2 Å². The van der Waals surface area contributed by atoms with Crippen LogP contribution < -0.4 is 32.0 Å². The maximum Gasteiger partial charge on any atom is 0.326 e. The van der Waals surface area contributed by atoms with Crippen LogP contribution in [0, 0.1) is 41.4 Å². The Labute approximate surface area is 680 Å². The third kappa shape index (κ3) is 32.3. The number of likely N-dealkylation sites (N-methyl/N-ethyl adjacent to an activating group) is 2. The summed E-state index contributed by atoms with van der Waals surface area (Å²) in [5.74, 6) is -3.70. The molecule has 3 unspecified atom stereocenters. The lowest BCUT2D eigenvalue weighted by Crippen LogP contribution is -2.60.